The standard InChI is InChI=1S/C16H14ClNO5/c1-9(19)18-13-8-11(20)7-12(17)16(13)23-14-5-3-2-4-10(14)6-15(21)22/h2-5,7-8,20H,6H2,1H3,(H,18,19)(H,21,22). The monoisotopic (exact) mass is 335 g/mol. The van der Waals surface area contributed by atoms with Gasteiger partial charge in [-0.1, -0.05) is 29.8 Å². The number of carbonyl (C=O) groups excluding carboxylic acids is 1. The molecule has 0 spiro atoms. The molecule has 0 saturated heterocycles. The molecular weight excluding hydrogens is 322 g/mol. The molecule has 0 atom stereocenters. The van der Waals surface area contributed by atoms with Gasteiger partial charge in [-0.05, 0) is 6.07 Å². The largest absolute Gasteiger partial charge is 0.508 e. The Balaban J connectivity index is 2.44. The molecule has 6 nitrogen and oxygen atoms in total. The van der Waals surface area contributed by atoms with E-state index in [1.165, 1.54) is 19.1 Å². The maximum Gasteiger partial charge on any atom is 0.307 e. The number of phenolic OH excluding ortho intramolecular Hbond substituents is 1. The fourth-order valence-electron chi connectivity index (χ4n) is 1.99. The third kappa shape index (κ3) is 4.37. The Morgan fingerprint density at radius 2 is 1.96 bits per heavy atom. The van der Waals surface area contributed by atoms with Gasteiger partial charge in [0.1, 0.15) is 11.5 Å². The van der Waals surface area contributed by atoms with Gasteiger partial charge in [0.05, 0.1) is 17.1 Å². The van der Waals surface area contributed by atoms with Crippen molar-refractivity contribution in [2.75, 3.05) is 5.32 Å². The molecule has 2 aromatic carbocycles. The molecule has 0 saturated carbocycles. The molecule has 2 aromatic rings. The molecule has 23 heavy (non-hydrogen) atoms. The molecule has 0 aromatic heterocycles. The zero-order valence-corrected chi connectivity index (χ0v) is 12.9. The minimum Gasteiger partial charge on any atom is -0.508 e. The Hall–Kier alpha value is -2.73. The highest BCUT2D eigenvalue weighted by atomic mass is 35.5. The fraction of sp³-hybridized carbons (Fsp3) is 0.125. The quantitative estimate of drug-likeness (QED) is 0.778. The number of hydrogen-bond donors (Lipinski definition) is 3. The van der Waals surface area contributed by atoms with Crippen LogP contribution in [0.2, 0.25) is 5.02 Å². The van der Waals surface area contributed by atoms with Crippen molar-refractivity contribution in [1.29, 1.82) is 0 Å². The summed E-state index contributed by atoms with van der Waals surface area (Å²) in [5, 5.41) is 21.1. The number of rotatable bonds is 5. The average molecular weight is 336 g/mol. The Kier molecular flexibility index (Phi) is 5.08. The van der Waals surface area contributed by atoms with E-state index in [-0.39, 0.29) is 34.5 Å². The first-order chi connectivity index (χ1) is 10.9. The van der Waals surface area contributed by atoms with Gasteiger partial charge in [-0.15, -0.1) is 0 Å². The first-order valence-corrected chi connectivity index (χ1v) is 7.02. The van der Waals surface area contributed by atoms with Crippen LogP contribution in [-0.4, -0.2) is 22.1 Å². The summed E-state index contributed by atoms with van der Waals surface area (Å²) in [6.07, 6.45) is -0.221. The van der Waals surface area contributed by atoms with Crippen molar-refractivity contribution in [3.63, 3.8) is 0 Å². The number of carbonyl (C=O) groups is 2. The van der Waals surface area contributed by atoms with Gasteiger partial charge < -0.3 is 20.3 Å². The maximum atomic E-state index is 11.3. The van der Waals surface area contributed by atoms with Gasteiger partial charge in [-0.3, -0.25) is 9.59 Å². The zero-order chi connectivity index (χ0) is 17.0. The molecule has 0 aliphatic rings. The molecule has 1 amide bonds. The number of amides is 1. The lowest BCUT2D eigenvalue weighted by Crippen LogP contribution is -2.08. The summed E-state index contributed by atoms with van der Waals surface area (Å²) in [6.45, 7) is 1.31. The SMILES string of the molecule is CC(=O)Nc1cc(O)cc(Cl)c1Oc1ccccc1CC(=O)O. The molecule has 0 radical (unpaired) electrons. The van der Waals surface area contributed by atoms with E-state index in [9.17, 15) is 14.7 Å². The summed E-state index contributed by atoms with van der Waals surface area (Å²) in [4.78, 5) is 22.2. The Morgan fingerprint density at radius 1 is 1.26 bits per heavy atom. The smallest absolute Gasteiger partial charge is 0.307 e. The summed E-state index contributed by atoms with van der Waals surface area (Å²) >= 11 is 6.07. The number of ether oxygens (including phenoxy) is 1. The molecule has 0 fully saturated rings. The van der Waals surface area contributed by atoms with Crippen LogP contribution in [0.1, 0.15) is 12.5 Å². The third-order valence-electron chi connectivity index (χ3n) is 2.87. The normalized spacial score (nSPS) is 10.2. The van der Waals surface area contributed by atoms with E-state index in [2.05, 4.69) is 5.32 Å². The van der Waals surface area contributed by atoms with Crippen molar-refractivity contribution in [2.24, 2.45) is 0 Å². The van der Waals surface area contributed by atoms with E-state index in [0.29, 0.717) is 11.3 Å². The van der Waals surface area contributed by atoms with Crippen LogP contribution < -0.4 is 10.1 Å². The van der Waals surface area contributed by atoms with Crippen LogP contribution in [0.5, 0.6) is 17.2 Å². The van der Waals surface area contributed by atoms with E-state index < -0.39 is 5.97 Å². The number of hydrogen-bond acceptors (Lipinski definition) is 4. The number of nitrogens with one attached hydrogen (secondary N) is 1. The van der Waals surface area contributed by atoms with Crippen molar-refractivity contribution in [2.45, 2.75) is 13.3 Å². The predicted octanol–water partition coefficient (Wildman–Crippen LogP) is 3.42. The van der Waals surface area contributed by atoms with Gasteiger partial charge in [-0.25, -0.2) is 0 Å². The molecule has 0 bridgehead atoms. The summed E-state index contributed by atoms with van der Waals surface area (Å²) in [5.74, 6) is -1.08. The number of aromatic hydroxyl groups is 1. The third-order valence-corrected chi connectivity index (χ3v) is 3.15. The second kappa shape index (κ2) is 7.02. The fourth-order valence-corrected chi connectivity index (χ4v) is 2.24. The van der Waals surface area contributed by atoms with Crippen LogP contribution in [0.25, 0.3) is 0 Å². The molecule has 0 aliphatic carbocycles. The van der Waals surface area contributed by atoms with Crippen LogP contribution in [-0.2, 0) is 16.0 Å². The van der Waals surface area contributed by atoms with Gasteiger partial charge in [-0.2, -0.15) is 0 Å². The average Bonchev–Trinajstić information content (AvgIpc) is 2.43. The predicted molar refractivity (Wildman–Crippen MR) is 85.3 cm³/mol. The van der Waals surface area contributed by atoms with Crippen molar-refractivity contribution >= 4 is 29.2 Å². The summed E-state index contributed by atoms with van der Waals surface area (Å²) in [5.41, 5.74) is 0.644. The number of aliphatic carboxylic acids is 1. The summed E-state index contributed by atoms with van der Waals surface area (Å²) < 4.78 is 5.71. The number of anilines is 1. The molecule has 120 valence electrons. The second-order valence-electron chi connectivity index (χ2n) is 4.77. The van der Waals surface area contributed by atoms with Crippen molar-refractivity contribution in [3.05, 3.63) is 47.0 Å². The molecule has 0 aliphatic heterocycles. The Morgan fingerprint density at radius 3 is 2.61 bits per heavy atom. The van der Waals surface area contributed by atoms with Gasteiger partial charge in [0.2, 0.25) is 5.91 Å². The molecule has 3 N–H and O–H groups in total. The highest BCUT2D eigenvalue weighted by Crippen LogP contribution is 2.40. The van der Waals surface area contributed by atoms with E-state index in [1.54, 1.807) is 24.3 Å². The number of phenols is 1. The highest BCUT2D eigenvalue weighted by molar-refractivity contribution is 6.32. The lowest BCUT2D eigenvalue weighted by molar-refractivity contribution is -0.136. The molecule has 2 rings (SSSR count). The number of carboxylic acids is 1. The molecule has 0 unspecified atom stereocenters. The van der Waals surface area contributed by atoms with Gasteiger partial charge in [0.25, 0.3) is 0 Å². The van der Waals surface area contributed by atoms with Crippen molar-refractivity contribution < 1.29 is 24.5 Å². The van der Waals surface area contributed by atoms with Gasteiger partial charge >= 0.3 is 5.97 Å². The number of para-hydroxylation sites is 1. The number of carboxylic acid groups (broad SMARTS) is 1. The number of benzene rings is 2. The lowest BCUT2D eigenvalue weighted by atomic mass is 10.1. The Bertz CT molecular complexity index is 760. The van der Waals surface area contributed by atoms with Crippen LogP contribution in [0.3, 0.4) is 0 Å². The van der Waals surface area contributed by atoms with E-state index in [0.717, 1.165) is 0 Å². The molecule has 7 heteroatoms. The highest BCUT2D eigenvalue weighted by Gasteiger charge is 2.16. The van der Waals surface area contributed by atoms with Crippen LogP contribution in [0.4, 0.5) is 5.69 Å². The van der Waals surface area contributed by atoms with Crippen LogP contribution in [0, 0.1) is 0 Å². The second-order valence-corrected chi connectivity index (χ2v) is 5.17. The van der Waals surface area contributed by atoms with Gasteiger partial charge in [0, 0.05) is 24.6 Å². The molecular formula is C16H14ClNO5. The zero-order valence-electron chi connectivity index (χ0n) is 12.2. The minimum absolute atomic E-state index is 0.0823. The Labute approximate surface area is 137 Å². The minimum atomic E-state index is -1.00. The van der Waals surface area contributed by atoms with Crippen molar-refractivity contribution in [3.8, 4) is 17.2 Å². The first-order valence-electron chi connectivity index (χ1n) is 6.64. The van der Waals surface area contributed by atoms with Crippen LogP contribution in [0.15, 0.2) is 36.4 Å². The summed E-state index contributed by atoms with van der Waals surface area (Å²) in [7, 11) is 0. The van der Waals surface area contributed by atoms with Crippen molar-refractivity contribution in [1.82, 2.24) is 0 Å². The van der Waals surface area contributed by atoms with E-state index >= 15 is 0 Å². The number of halogens is 1. The van der Waals surface area contributed by atoms with Crippen LogP contribution >= 0.6 is 11.6 Å². The molecule has 0 heterocycles. The topological polar surface area (TPSA) is 95.9 Å². The van der Waals surface area contributed by atoms with E-state index in [1.807, 2.05) is 0 Å². The summed E-state index contributed by atoms with van der Waals surface area (Å²) in [6, 6.07) is 9.16. The maximum absolute atomic E-state index is 11.3. The lowest BCUT2D eigenvalue weighted by Gasteiger charge is -2.15. The first kappa shape index (κ1) is 16.6. The van der Waals surface area contributed by atoms with E-state index in [4.69, 9.17) is 21.4 Å². The van der Waals surface area contributed by atoms with Gasteiger partial charge in [0.15, 0.2) is 5.75 Å².